The van der Waals surface area contributed by atoms with Crippen LogP contribution in [0.2, 0.25) is 0 Å². The quantitative estimate of drug-likeness (QED) is 0.742. The van der Waals surface area contributed by atoms with Gasteiger partial charge in [-0.2, -0.15) is 5.10 Å². The van der Waals surface area contributed by atoms with E-state index in [1.165, 1.54) is 0 Å². The summed E-state index contributed by atoms with van der Waals surface area (Å²) in [6, 6.07) is 15.5. The van der Waals surface area contributed by atoms with E-state index in [1.54, 1.807) is 24.1 Å². The number of hydrogen-bond donors (Lipinski definition) is 1. The van der Waals surface area contributed by atoms with Gasteiger partial charge in [0.1, 0.15) is 0 Å². The van der Waals surface area contributed by atoms with Crippen LogP contribution in [0.5, 0.6) is 5.88 Å². The maximum atomic E-state index is 13.2. The minimum Gasteiger partial charge on any atom is -0.481 e. The number of aromatic nitrogens is 3. The molecule has 1 aliphatic carbocycles. The minimum absolute atomic E-state index is 0.0184. The Hall–Kier alpha value is -3.19. The normalized spacial score (nSPS) is 17.3. The zero-order chi connectivity index (χ0) is 19.8. The van der Waals surface area contributed by atoms with Gasteiger partial charge in [0.05, 0.1) is 24.7 Å². The highest BCUT2D eigenvalue weighted by Gasteiger charge is 2.46. The number of carbonyl (C=O) groups excluding carboxylic acids is 1. The molecule has 7 heteroatoms. The molecule has 1 amide bonds. The Morgan fingerprint density at radius 1 is 1.17 bits per heavy atom. The molecule has 0 bridgehead atoms. The Labute approximate surface area is 169 Å². The predicted molar refractivity (Wildman–Crippen MR) is 109 cm³/mol. The first-order chi connectivity index (χ1) is 14.2. The highest BCUT2D eigenvalue weighted by atomic mass is 16.5. The fourth-order valence-corrected chi connectivity index (χ4v) is 3.89. The van der Waals surface area contributed by atoms with E-state index in [4.69, 9.17) is 4.74 Å². The smallest absolute Gasteiger partial charge is 0.274 e. The topological polar surface area (TPSA) is 72.3 Å². The van der Waals surface area contributed by atoms with Gasteiger partial charge in [0, 0.05) is 36.8 Å². The second kappa shape index (κ2) is 7.00. The molecule has 1 aromatic carbocycles. The molecule has 1 saturated carbocycles. The Balaban J connectivity index is 1.53. The summed E-state index contributed by atoms with van der Waals surface area (Å²) in [4.78, 5) is 19.5. The molecule has 1 N–H and O–H groups in total. The summed E-state index contributed by atoms with van der Waals surface area (Å²) in [5.41, 5.74) is 3.23. The second-order valence-electron chi connectivity index (χ2n) is 7.69. The lowest BCUT2D eigenvalue weighted by Crippen LogP contribution is -2.54. The van der Waals surface area contributed by atoms with Gasteiger partial charge in [-0.25, -0.2) is 9.67 Å². The second-order valence-corrected chi connectivity index (χ2v) is 7.69. The van der Waals surface area contributed by atoms with Crippen molar-refractivity contribution in [1.29, 1.82) is 0 Å². The number of methoxy groups -OCH3 is 1. The van der Waals surface area contributed by atoms with E-state index in [9.17, 15) is 4.79 Å². The third kappa shape index (κ3) is 3.38. The van der Waals surface area contributed by atoms with Crippen molar-refractivity contribution in [2.75, 3.05) is 26.7 Å². The number of carbonyl (C=O) groups is 1. The van der Waals surface area contributed by atoms with Gasteiger partial charge in [-0.1, -0.05) is 30.3 Å². The van der Waals surface area contributed by atoms with Gasteiger partial charge < -0.3 is 15.0 Å². The number of ether oxygens (including phenoxy) is 1. The molecule has 1 saturated heterocycles. The van der Waals surface area contributed by atoms with Gasteiger partial charge in [-0.3, -0.25) is 4.79 Å². The first-order valence-corrected chi connectivity index (χ1v) is 9.88. The molecule has 3 heterocycles. The Kier molecular flexibility index (Phi) is 4.32. The lowest BCUT2D eigenvalue weighted by Gasteiger charge is -2.33. The molecule has 0 radical (unpaired) electrons. The number of hydrogen-bond acceptors (Lipinski definition) is 5. The van der Waals surface area contributed by atoms with Crippen molar-refractivity contribution in [3.05, 3.63) is 60.4 Å². The molecule has 5 rings (SSSR count). The number of nitrogens with one attached hydrogen (secondary N) is 1. The summed E-state index contributed by atoms with van der Waals surface area (Å²) in [6.45, 7) is 2.29. The maximum absolute atomic E-state index is 13.2. The number of pyridine rings is 1. The molecule has 1 spiro atoms. The van der Waals surface area contributed by atoms with Crippen LogP contribution in [-0.4, -0.2) is 57.9 Å². The van der Waals surface area contributed by atoms with Crippen LogP contribution in [0.25, 0.3) is 16.9 Å². The zero-order valence-corrected chi connectivity index (χ0v) is 16.3. The predicted octanol–water partition coefficient (Wildman–Crippen LogP) is 2.52. The molecule has 2 aromatic heterocycles. The van der Waals surface area contributed by atoms with Crippen LogP contribution in [0.1, 0.15) is 23.3 Å². The highest BCUT2D eigenvalue weighted by molar-refractivity contribution is 5.94. The van der Waals surface area contributed by atoms with Crippen molar-refractivity contribution >= 4 is 5.91 Å². The Morgan fingerprint density at radius 3 is 2.69 bits per heavy atom. The number of benzene rings is 1. The van der Waals surface area contributed by atoms with E-state index in [0.29, 0.717) is 18.1 Å². The first kappa shape index (κ1) is 17.9. The molecule has 3 aromatic rings. The van der Waals surface area contributed by atoms with E-state index >= 15 is 0 Å². The van der Waals surface area contributed by atoms with Crippen molar-refractivity contribution < 1.29 is 9.53 Å². The lowest BCUT2D eigenvalue weighted by atomic mass is 10.1. The standard InChI is InChI=1S/C22H23N5O2/c1-29-20-8-7-17(14-23-20)27-19(16-5-3-2-4-6-16)13-18(25-27)21(28)26-12-11-24-22(15-26)9-10-22/h2-8,13-14,24H,9-12,15H2,1H3. The van der Waals surface area contributed by atoms with Crippen LogP contribution < -0.4 is 10.1 Å². The van der Waals surface area contributed by atoms with Crippen LogP contribution in [-0.2, 0) is 0 Å². The van der Waals surface area contributed by atoms with Crippen molar-refractivity contribution in [2.45, 2.75) is 18.4 Å². The number of nitrogens with zero attached hydrogens (tertiary/aromatic N) is 4. The summed E-state index contributed by atoms with van der Waals surface area (Å²) in [5.74, 6) is 0.518. The molecule has 29 heavy (non-hydrogen) atoms. The van der Waals surface area contributed by atoms with Crippen molar-refractivity contribution in [3.63, 3.8) is 0 Å². The van der Waals surface area contributed by atoms with Crippen molar-refractivity contribution in [1.82, 2.24) is 25.0 Å². The third-order valence-corrected chi connectivity index (χ3v) is 5.69. The van der Waals surface area contributed by atoms with Crippen molar-refractivity contribution in [2.24, 2.45) is 0 Å². The SMILES string of the molecule is COc1ccc(-n2nc(C(=O)N3CCNC4(CC4)C3)cc2-c2ccccc2)cn1. The van der Waals surface area contributed by atoms with E-state index in [2.05, 4.69) is 15.4 Å². The average molecular weight is 389 g/mol. The van der Waals surface area contributed by atoms with Gasteiger partial charge in [0.25, 0.3) is 5.91 Å². The summed E-state index contributed by atoms with van der Waals surface area (Å²) < 4.78 is 6.94. The number of amides is 1. The molecule has 148 valence electrons. The maximum Gasteiger partial charge on any atom is 0.274 e. The Bertz CT molecular complexity index is 1030. The van der Waals surface area contributed by atoms with Gasteiger partial charge in [0.2, 0.25) is 5.88 Å². The van der Waals surface area contributed by atoms with Crippen LogP contribution in [0.3, 0.4) is 0 Å². The number of rotatable bonds is 4. The minimum atomic E-state index is -0.0184. The highest BCUT2D eigenvalue weighted by Crippen LogP contribution is 2.38. The van der Waals surface area contributed by atoms with Crippen LogP contribution in [0, 0.1) is 0 Å². The third-order valence-electron chi connectivity index (χ3n) is 5.69. The van der Waals surface area contributed by atoms with Gasteiger partial charge in [-0.05, 0) is 25.0 Å². The van der Waals surface area contributed by atoms with Crippen molar-refractivity contribution in [3.8, 4) is 22.8 Å². The van der Waals surface area contributed by atoms with Crippen LogP contribution in [0.4, 0.5) is 0 Å². The van der Waals surface area contributed by atoms with E-state index in [1.807, 2.05) is 47.4 Å². The molecule has 7 nitrogen and oxygen atoms in total. The summed E-state index contributed by atoms with van der Waals surface area (Å²) in [7, 11) is 1.59. The first-order valence-electron chi connectivity index (χ1n) is 9.88. The van der Waals surface area contributed by atoms with E-state index in [-0.39, 0.29) is 11.4 Å². The molecule has 1 aliphatic heterocycles. The molecule has 0 atom stereocenters. The lowest BCUT2D eigenvalue weighted by molar-refractivity contribution is 0.0685. The van der Waals surface area contributed by atoms with E-state index in [0.717, 1.165) is 42.9 Å². The summed E-state index contributed by atoms with van der Waals surface area (Å²) >= 11 is 0. The van der Waals surface area contributed by atoms with Gasteiger partial charge in [0.15, 0.2) is 5.69 Å². The fraction of sp³-hybridized carbons (Fsp3) is 0.318. The number of piperazine rings is 1. The largest absolute Gasteiger partial charge is 0.481 e. The molecular weight excluding hydrogens is 366 g/mol. The molecular formula is C22H23N5O2. The Morgan fingerprint density at radius 2 is 2.00 bits per heavy atom. The van der Waals surface area contributed by atoms with Crippen LogP contribution in [0.15, 0.2) is 54.7 Å². The molecule has 2 aliphatic rings. The zero-order valence-electron chi connectivity index (χ0n) is 16.3. The van der Waals surface area contributed by atoms with Gasteiger partial charge in [-0.15, -0.1) is 0 Å². The average Bonchev–Trinajstić information content (AvgIpc) is 3.36. The summed E-state index contributed by atoms with van der Waals surface area (Å²) in [5, 5.41) is 8.23. The van der Waals surface area contributed by atoms with E-state index < -0.39 is 0 Å². The fourth-order valence-electron chi connectivity index (χ4n) is 3.89. The van der Waals surface area contributed by atoms with Crippen LogP contribution >= 0.6 is 0 Å². The summed E-state index contributed by atoms with van der Waals surface area (Å²) in [6.07, 6.45) is 3.98. The molecule has 2 fully saturated rings. The molecule has 0 unspecified atom stereocenters. The van der Waals surface area contributed by atoms with Gasteiger partial charge >= 0.3 is 0 Å². The monoisotopic (exact) mass is 389 g/mol.